The number of hydrogen-bond donors (Lipinski definition) is 1. The smallest absolute Gasteiger partial charge is 0.278 e. The van der Waals surface area contributed by atoms with E-state index in [9.17, 15) is 4.79 Å². The van der Waals surface area contributed by atoms with Gasteiger partial charge < -0.3 is 5.32 Å². The summed E-state index contributed by atoms with van der Waals surface area (Å²) < 4.78 is 1.66. The van der Waals surface area contributed by atoms with Crippen LogP contribution in [0.5, 0.6) is 0 Å². The van der Waals surface area contributed by atoms with E-state index < -0.39 is 0 Å². The van der Waals surface area contributed by atoms with Crippen LogP contribution in [0.2, 0.25) is 0 Å². The molecule has 0 bridgehead atoms. The van der Waals surface area contributed by atoms with E-state index in [0.29, 0.717) is 11.4 Å². The number of carbonyl (C=O) groups is 1. The van der Waals surface area contributed by atoms with Crippen LogP contribution in [0.15, 0.2) is 48.5 Å². The van der Waals surface area contributed by atoms with Gasteiger partial charge in [-0.25, -0.2) is 4.68 Å². The summed E-state index contributed by atoms with van der Waals surface area (Å²) in [4.78, 5) is 12.5. The molecule has 1 N–H and O–H groups in total. The molecule has 116 valence electrons. The number of nitrogens with one attached hydrogen (secondary N) is 1. The van der Waals surface area contributed by atoms with Gasteiger partial charge in [0.25, 0.3) is 5.91 Å². The minimum Gasteiger partial charge on any atom is -0.320 e. The minimum absolute atomic E-state index is 0.251. The Morgan fingerprint density at radius 1 is 1.00 bits per heavy atom. The fourth-order valence-electron chi connectivity index (χ4n) is 2.42. The van der Waals surface area contributed by atoms with E-state index in [2.05, 4.69) is 15.6 Å². The molecule has 0 radical (unpaired) electrons. The van der Waals surface area contributed by atoms with Crippen molar-refractivity contribution < 1.29 is 4.79 Å². The molecule has 5 heteroatoms. The molecule has 2 aromatic carbocycles. The Morgan fingerprint density at radius 3 is 2.48 bits per heavy atom. The van der Waals surface area contributed by atoms with Crippen LogP contribution in [-0.2, 0) is 0 Å². The molecule has 0 unspecified atom stereocenters. The first-order chi connectivity index (χ1) is 11.1. The van der Waals surface area contributed by atoms with Gasteiger partial charge in [-0.2, -0.15) is 0 Å². The van der Waals surface area contributed by atoms with Crippen molar-refractivity contribution in [1.82, 2.24) is 15.0 Å². The fraction of sp³-hybridized carbons (Fsp3) is 0.167. The van der Waals surface area contributed by atoms with E-state index >= 15 is 0 Å². The Bertz CT molecular complexity index is 853. The molecule has 5 nitrogen and oxygen atoms in total. The van der Waals surface area contributed by atoms with Gasteiger partial charge in [0.05, 0.1) is 11.4 Å². The van der Waals surface area contributed by atoms with Gasteiger partial charge in [0.1, 0.15) is 0 Å². The topological polar surface area (TPSA) is 59.8 Å². The Balaban J connectivity index is 1.89. The molecule has 0 saturated heterocycles. The fourth-order valence-corrected chi connectivity index (χ4v) is 2.42. The zero-order valence-corrected chi connectivity index (χ0v) is 13.4. The molecule has 0 aliphatic heterocycles. The zero-order chi connectivity index (χ0) is 16.4. The highest BCUT2D eigenvalue weighted by molar-refractivity contribution is 6.04. The lowest BCUT2D eigenvalue weighted by Gasteiger charge is -2.09. The van der Waals surface area contributed by atoms with Crippen LogP contribution in [0, 0.1) is 20.8 Å². The van der Waals surface area contributed by atoms with Gasteiger partial charge in [-0.15, -0.1) is 5.10 Å². The lowest BCUT2D eigenvalue weighted by Crippen LogP contribution is -2.15. The molecule has 0 aliphatic carbocycles. The van der Waals surface area contributed by atoms with Gasteiger partial charge in [0.15, 0.2) is 5.69 Å². The molecule has 0 spiro atoms. The molecular formula is C18H18N4O. The van der Waals surface area contributed by atoms with Crippen LogP contribution in [0.4, 0.5) is 5.69 Å². The van der Waals surface area contributed by atoms with Crippen LogP contribution in [0.25, 0.3) is 5.69 Å². The molecule has 1 aromatic heterocycles. The SMILES string of the molecule is Cc1cccc(NC(=O)c2nnn(-c3ccccc3)c2C)c1C. The van der Waals surface area contributed by atoms with Crippen LogP contribution in [-0.4, -0.2) is 20.9 Å². The third-order valence-corrected chi connectivity index (χ3v) is 3.96. The largest absolute Gasteiger partial charge is 0.320 e. The van der Waals surface area contributed by atoms with Crippen molar-refractivity contribution in [3.05, 3.63) is 71.0 Å². The van der Waals surface area contributed by atoms with Crippen LogP contribution >= 0.6 is 0 Å². The lowest BCUT2D eigenvalue weighted by molar-refractivity contribution is 0.102. The quantitative estimate of drug-likeness (QED) is 0.806. The van der Waals surface area contributed by atoms with Crippen molar-refractivity contribution in [2.75, 3.05) is 5.32 Å². The van der Waals surface area contributed by atoms with E-state index in [0.717, 1.165) is 22.5 Å². The Kier molecular flexibility index (Phi) is 3.93. The average molecular weight is 306 g/mol. The number of benzene rings is 2. The van der Waals surface area contributed by atoms with Crippen LogP contribution in [0.1, 0.15) is 27.3 Å². The van der Waals surface area contributed by atoms with Crippen LogP contribution in [0.3, 0.4) is 0 Å². The molecule has 3 aromatic rings. The van der Waals surface area contributed by atoms with Gasteiger partial charge in [0.2, 0.25) is 0 Å². The number of para-hydroxylation sites is 1. The van der Waals surface area contributed by atoms with E-state index in [1.54, 1.807) is 4.68 Å². The summed E-state index contributed by atoms with van der Waals surface area (Å²) in [5.41, 5.74) is 4.89. The monoisotopic (exact) mass is 306 g/mol. The van der Waals surface area contributed by atoms with Crippen molar-refractivity contribution in [3.63, 3.8) is 0 Å². The second-order valence-corrected chi connectivity index (χ2v) is 5.47. The van der Waals surface area contributed by atoms with Gasteiger partial charge in [0, 0.05) is 5.69 Å². The zero-order valence-electron chi connectivity index (χ0n) is 13.4. The maximum atomic E-state index is 12.5. The number of rotatable bonds is 3. The summed E-state index contributed by atoms with van der Waals surface area (Å²) in [5.74, 6) is -0.251. The first-order valence-electron chi connectivity index (χ1n) is 7.43. The summed E-state index contributed by atoms with van der Waals surface area (Å²) in [6.07, 6.45) is 0. The Labute approximate surface area is 135 Å². The third-order valence-electron chi connectivity index (χ3n) is 3.96. The highest BCUT2D eigenvalue weighted by atomic mass is 16.2. The molecule has 1 heterocycles. The van der Waals surface area contributed by atoms with Crippen molar-refractivity contribution in [3.8, 4) is 5.69 Å². The molecule has 1 amide bonds. The number of aryl methyl sites for hydroxylation is 1. The normalized spacial score (nSPS) is 10.6. The molecule has 3 rings (SSSR count). The molecule has 0 saturated carbocycles. The maximum Gasteiger partial charge on any atom is 0.278 e. The number of aromatic nitrogens is 3. The number of hydrogen-bond acceptors (Lipinski definition) is 3. The van der Waals surface area contributed by atoms with Gasteiger partial charge in [-0.05, 0) is 50.1 Å². The average Bonchev–Trinajstić information content (AvgIpc) is 2.94. The summed E-state index contributed by atoms with van der Waals surface area (Å²) in [6, 6.07) is 15.5. The number of nitrogens with zero attached hydrogens (tertiary/aromatic N) is 3. The predicted octanol–water partition coefficient (Wildman–Crippen LogP) is 3.44. The van der Waals surface area contributed by atoms with Gasteiger partial charge in [-0.1, -0.05) is 35.5 Å². The lowest BCUT2D eigenvalue weighted by atomic mass is 10.1. The summed E-state index contributed by atoms with van der Waals surface area (Å²) >= 11 is 0. The maximum absolute atomic E-state index is 12.5. The number of amides is 1. The number of anilines is 1. The second-order valence-electron chi connectivity index (χ2n) is 5.47. The first-order valence-corrected chi connectivity index (χ1v) is 7.43. The van der Waals surface area contributed by atoms with Crippen LogP contribution < -0.4 is 5.32 Å². The molecule has 0 fully saturated rings. The molecule has 0 aliphatic rings. The van der Waals surface area contributed by atoms with E-state index in [1.807, 2.05) is 69.3 Å². The van der Waals surface area contributed by atoms with Crippen molar-refractivity contribution in [1.29, 1.82) is 0 Å². The van der Waals surface area contributed by atoms with E-state index in [4.69, 9.17) is 0 Å². The predicted molar refractivity (Wildman–Crippen MR) is 90.0 cm³/mol. The molecular weight excluding hydrogens is 288 g/mol. The highest BCUT2D eigenvalue weighted by Crippen LogP contribution is 2.19. The Morgan fingerprint density at radius 2 is 1.74 bits per heavy atom. The first kappa shape index (κ1) is 15.0. The molecule has 0 atom stereocenters. The summed E-state index contributed by atoms with van der Waals surface area (Å²) in [5, 5.41) is 11.1. The van der Waals surface area contributed by atoms with Crippen molar-refractivity contribution >= 4 is 11.6 Å². The van der Waals surface area contributed by atoms with E-state index in [-0.39, 0.29) is 5.91 Å². The van der Waals surface area contributed by atoms with Crippen molar-refractivity contribution in [2.24, 2.45) is 0 Å². The second kappa shape index (κ2) is 6.04. The van der Waals surface area contributed by atoms with Gasteiger partial charge >= 0.3 is 0 Å². The summed E-state index contributed by atoms with van der Waals surface area (Å²) in [6.45, 7) is 5.84. The Hall–Kier alpha value is -2.95. The summed E-state index contributed by atoms with van der Waals surface area (Å²) in [7, 11) is 0. The standard InChI is InChI=1S/C18H18N4O/c1-12-8-7-11-16(13(12)2)19-18(23)17-14(3)22(21-20-17)15-9-5-4-6-10-15/h4-11H,1-3H3,(H,19,23). The third kappa shape index (κ3) is 2.85. The van der Waals surface area contributed by atoms with E-state index in [1.165, 1.54) is 0 Å². The number of carbonyl (C=O) groups excluding carboxylic acids is 1. The van der Waals surface area contributed by atoms with Gasteiger partial charge in [-0.3, -0.25) is 4.79 Å². The highest BCUT2D eigenvalue weighted by Gasteiger charge is 2.18. The molecule has 23 heavy (non-hydrogen) atoms. The van der Waals surface area contributed by atoms with Crippen molar-refractivity contribution in [2.45, 2.75) is 20.8 Å². The minimum atomic E-state index is -0.251.